The Kier molecular flexibility index (Phi) is 5.55. The molecule has 1 aliphatic heterocycles. The zero-order valence-corrected chi connectivity index (χ0v) is 20.3. The first kappa shape index (κ1) is 22.7. The summed E-state index contributed by atoms with van der Waals surface area (Å²) in [6.07, 6.45) is 3.00. The van der Waals surface area contributed by atoms with E-state index in [1.54, 1.807) is 0 Å². The molecule has 1 aliphatic rings. The molecule has 34 heavy (non-hydrogen) atoms. The smallest absolute Gasteiger partial charge is 0.408 e. The summed E-state index contributed by atoms with van der Waals surface area (Å²) in [6, 6.07) is 9.84. The van der Waals surface area contributed by atoms with E-state index in [2.05, 4.69) is 14.1 Å². The van der Waals surface area contributed by atoms with Gasteiger partial charge in [-0.2, -0.15) is 8.68 Å². The summed E-state index contributed by atoms with van der Waals surface area (Å²) in [4.78, 5) is 16.4. The van der Waals surface area contributed by atoms with Gasteiger partial charge in [-0.25, -0.2) is 26.6 Å². The van der Waals surface area contributed by atoms with E-state index in [1.165, 1.54) is 39.7 Å². The Balaban J connectivity index is 1.50. The molecule has 1 N–H and O–H groups in total. The third kappa shape index (κ3) is 4.24. The summed E-state index contributed by atoms with van der Waals surface area (Å²) >= 11 is 0.899. The van der Waals surface area contributed by atoms with Crippen LogP contribution in [0.3, 0.4) is 0 Å². The second-order valence-corrected chi connectivity index (χ2v) is 12.3. The number of hydrogen-bond acceptors (Lipinski definition) is 9. The lowest BCUT2D eigenvalue weighted by atomic mass is 9.96. The van der Waals surface area contributed by atoms with Gasteiger partial charge in [-0.3, -0.25) is 9.29 Å². The van der Waals surface area contributed by atoms with E-state index < -0.39 is 25.8 Å². The molecule has 2 aromatic heterocycles. The number of oxazole rings is 1. The van der Waals surface area contributed by atoms with Gasteiger partial charge in [0.25, 0.3) is 10.0 Å². The topological polar surface area (TPSA) is 144 Å². The van der Waals surface area contributed by atoms with Crippen molar-refractivity contribution >= 4 is 47.8 Å². The van der Waals surface area contributed by atoms with Crippen molar-refractivity contribution in [1.82, 2.24) is 18.2 Å². The van der Waals surface area contributed by atoms with E-state index in [9.17, 15) is 21.6 Å². The van der Waals surface area contributed by atoms with Gasteiger partial charge in [-0.1, -0.05) is 18.2 Å². The number of rotatable bonds is 6. The van der Waals surface area contributed by atoms with Gasteiger partial charge in [0.2, 0.25) is 15.2 Å². The first-order chi connectivity index (χ1) is 16.1. The number of anilines is 1. The molecule has 0 saturated heterocycles. The maximum atomic E-state index is 12.7. The lowest BCUT2D eigenvalue weighted by Crippen LogP contribution is -2.35. The molecule has 5 rings (SSSR count). The summed E-state index contributed by atoms with van der Waals surface area (Å²) in [5.41, 5.74) is 3.24. The molecule has 0 amide bonds. The van der Waals surface area contributed by atoms with Crippen molar-refractivity contribution in [3.8, 4) is 0 Å². The van der Waals surface area contributed by atoms with E-state index in [1.807, 2.05) is 18.2 Å². The summed E-state index contributed by atoms with van der Waals surface area (Å²) in [5.74, 6) is -0.644. The van der Waals surface area contributed by atoms with E-state index in [-0.39, 0.29) is 28.7 Å². The van der Waals surface area contributed by atoms with E-state index >= 15 is 0 Å². The van der Waals surface area contributed by atoms with Gasteiger partial charge in [0.05, 0.1) is 23.2 Å². The van der Waals surface area contributed by atoms with Crippen LogP contribution < -0.4 is 10.5 Å². The molecule has 178 valence electrons. The summed E-state index contributed by atoms with van der Waals surface area (Å²) in [5, 5.41) is 0.121. The molecule has 0 radical (unpaired) electrons. The minimum absolute atomic E-state index is 0.0861. The minimum Gasteiger partial charge on any atom is -0.408 e. The quantitative estimate of drug-likeness (QED) is 0.403. The van der Waals surface area contributed by atoms with Crippen molar-refractivity contribution in [2.24, 2.45) is 0 Å². The predicted octanol–water partition coefficient (Wildman–Crippen LogP) is 1.61. The van der Waals surface area contributed by atoms with Crippen LogP contribution in [0, 0.1) is 0 Å². The van der Waals surface area contributed by atoms with Crippen molar-refractivity contribution in [2.45, 2.75) is 24.4 Å². The fourth-order valence-electron chi connectivity index (χ4n) is 3.98. The predicted molar refractivity (Wildman–Crippen MR) is 126 cm³/mol. The number of sulfonamides is 2. The average Bonchev–Trinajstić information content (AvgIpc) is 3.39. The summed E-state index contributed by atoms with van der Waals surface area (Å²) in [6.45, 7) is 0.794. The summed E-state index contributed by atoms with van der Waals surface area (Å²) < 4.78 is 63.7. The Morgan fingerprint density at radius 3 is 2.74 bits per heavy atom. The molecular weight excluding hydrogens is 502 g/mol. The molecule has 0 bridgehead atoms. The fraction of sp³-hybridized carbons (Fsp3) is 0.250. The monoisotopic (exact) mass is 521 g/mol. The standard InChI is InChI=1S/C20H19N5O6S3/c1-33(27,28)24-8-7-13-3-2-4-14(16(13)11-24)10-25-17-6-5-15(9-18(17)31-20(25)26)34(29,30)23-19-21-12-22-32-19/h2-6,9,12H,7-8,10-11H2,1H3,(H,21,22,23). The largest absolute Gasteiger partial charge is 0.420 e. The van der Waals surface area contributed by atoms with Gasteiger partial charge in [-0.15, -0.1) is 0 Å². The Labute approximate surface area is 198 Å². The molecule has 14 heteroatoms. The Morgan fingerprint density at radius 1 is 1.18 bits per heavy atom. The molecule has 11 nitrogen and oxygen atoms in total. The van der Waals surface area contributed by atoms with Crippen LogP contribution in [0.15, 0.2) is 56.8 Å². The van der Waals surface area contributed by atoms with Crippen molar-refractivity contribution < 1.29 is 21.3 Å². The Bertz CT molecular complexity index is 1660. The van der Waals surface area contributed by atoms with Crippen LogP contribution in [-0.4, -0.2) is 47.9 Å². The second-order valence-electron chi connectivity index (χ2n) is 7.84. The van der Waals surface area contributed by atoms with Gasteiger partial charge in [0.15, 0.2) is 5.58 Å². The SMILES string of the molecule is CS(=O)(=O)N1CCc2cccc(Cn3c(=O)oc4cc(S(=O)(=O)Nc5ncns5)ccc43)c2C1. The van der Waals surface area contributed by atoms with E-state index in [0.29, 0.717) is 18.5 Å². The third-order valence-electron chi connectivity index (χ3n) is 5.67. The summed E-state index contributed by atoms with van der Waals surface area (Å²) in [7, 11) is -7.30. The molecule has 4 aromatic rings. The Hall–Kier alpha value is -3.07. The maximum Gasteiger partial charge on any atom is 0.420 e. The highest BCUT2D eigenvalue weighted by atomic mass is 32.2. The third-order valence-corrected chi connectivity index (χ3v) is 8.96. The lowest BCUT2D eigenvalue weighted by Gasteiger charge is -2.28. The Morgan fingerprint density at radius 2 is 2.00 bits per heavy atom. The van der Waals surface area contributed by atoms with Crippen LogP contribution in [0.2, 0.25) is 0 Å². The molecule has 0 aliphatic carbocycles. The van der Waals surface area contributed by atoms with Gasteiger partial charge in [0.1, 0.15) is 6.33 Å². The molecule has 0 atom stereocenters. The highest BCUT2D eigenvalue weighted by Crippen LogP contribution is 2.26. The zero-order valence-electron chi connectivity index (χ0n) is 17.8. The molecule has 0 spiro atoms. The lowest BCUT2D eigenvalue weighted by molar-refractivity contribution is 0.392. The van der Waals surface area contributed by atoms with E-state index in [4.69, 9.17) is 4.42 Å². The van der Waals surface area contributed by atoms with Gasteiger partial charge in [-0.05, 0) is 35.2 Å². The molecule has 0 fully saturated rings. The first-order valence-corrected chi connectivity index (χ1v) is 14.2. The van der Waals surface area contributed by atoms with Crippen molar-refractivity contribution in [3.05, 3.63) is 70.0 Å². The van der Waals surface area contributed by atoms with Crippen LogP contribution in [0.5, 0.6) is 0 Å². The molecule has 2 aromatic carbocycles. The highest BCUT2D eigenvalue weighted by Gasteiger charge is 2.25. The van der Waals surface area contributed by atoms with Crippen molar-refractivity contribution in [1.29, 1.82) is 0 Å². The van der Waals surface area contributed by atoms with Crippen LogP contribution in [0.4, 0.5) is 5.13 Å². The number of nitrogens with one attached hydrogen (secondary N) is 1. The molecule has 0 unspecified atom stereocenters. The molecule has 3 heterocycles. The second kappa shape index (κ2) is 8.30. The van der Waals surface area contributed by atoms with Crippen LogP contribution in [0.1, 0.15) is 16.7 Å². The fourth-order valence-corrected chi connectivity index (χ4v) is 6.45. The number of benzene rings is 2. The van der Waals surface area contributed by atoms with Crippen molar-refractivity contribution in [3.63, 3.8) is 0 Å². The molecule has 0 saturated carbocycles. The van der Waals surface area contributed by atoms with E-state index in [0.717, 1.165) is 28.2 Å². The van der Waals surface area contributed by atoms with Gasteiger partial charge >= 0.3 is 5.76 Å². The molecular formula is C20H19N5O6S3. The van der Waals surface area contributed by atoms with Gasteiger partial charge in [0, 0.05) is 30.7 Å². The normalized spacial score (nSPS) is 14.9. The van der Waals surface area contributed by atoms with Crippen molar-refractivity contribution in [2.75, 3.05) is 17.5 Å². The minimum atomic E-state index is -3.95. The zero-order chi connectivity index (χ0) is 24.1. The number of hydrogen-bond donors (Lipinski definition) is 1. The van der Waals surface area contributed by atoms with Crippen LogP contribution >= 0.6 is 11.5 Å². The first-order valence-electron chi connectivity index (χ1n) is 10.1. The average molecular weight is 522 g/mol. The number of nitrogens with zero attached hydrogens (tertiary/aromatic N) is 4. The van der Waals surface area contributed by atoms with Gasteiger partial charge < -0.3 is 4.42 Å². The maximum absolute atomic E-state index is 12.7. The van der Waals surface area contributed by atoms with Crippen LogP contribution in [-0.2, 0) is 39.6 Å². The number of fused-ring (bicyclic) bond motifs is 2. The van der Waals surface area contributed by atoms with Crippen LogP contribution in [0.25, 0.3) is 11.1 Å². The number of aromatic nitrogens is 3. The highest BCUT2D eigenvalue weighted by molar-refractivity contribution is 7.93.